The van der Waals surface area contributed by atoms with Gasteiger partial charge in [-0.25, -0.2) is 0 Å². The minimum atomic E-state index is -0.108. The van der Waals surface area contributed by atoms with Gasteiger partial charge in [0, 0.05) is 0 Å². The predicted molar refractivity (Wildman–Crippen MR) is 119 cm³/mol. The maximum Gasteiger partial charge on any atom is 0.123 e. The molecule has 1 fully saturated rings. The van der Waals surface area contributed by atoms with Gasteiger partial charge in [-0.05, 0) is 71.1 Å². The standard InChI is InChI=1S/C26H37NO/c1-25(2,3)21-17-20(18-22(24(21)28)26(4,5)6)23(19-13-9-7-10-14-19)27-15-11-8-12-16-27/h7,9-10,13-14,17-18,23,28H,8,11-12,15-16H2,1-6H3/t23-/m1/s1. The summed E-state index contributed by atoms with van der Waals surface area (Å²) in [5, 5.41) is 11.1. The van der Waals surface area contributed by atoms with E-state index in [1.54, 1.807) is 0 Å². The topological polar surface area (TPSA) is 23.5 Å². The van der Waals surface area contributed by atoms with Crippen molar-refractivity contribution in [1.82, 2.24) is 4.90 Å². The fourth-order valence-corrected chi connectivity index (χ4v) is 4.38. The first-order chi connectivity index (χ1) is 13.1. The molecule has 152 valence electrons. The van der Waals surface area contributed by atoms with Crippen LogP contribution in [0, 0.1) is 0 Å². The molecule has 2 nitrogen and oxygen atoms in total. The fourth-order valence-electron chi connectivity index (χ4n) is 4.38. The van der Waals surface area contributed by atoms with Crippen molar-refractivity contribution in [3.05, 3.63) is 64.7 Å². The molecule has 2 heteroatoms. The summed E-state index contributed by atoms with van der Waals surface area (Å²) in [7, 11) is 0. The van der Waals surface area contributed by atoms with Crippen molar-refractivity contribution >= 4 is 0 Å². The van der Waals surface area contributed by atoms with Gasteiger partial charge in [0.15, 0.2) is 0 Å². The maximum atomic E-state index is 11.1. The van der Waals surface area contributed by atoms with Gasteiger partial charge in [-0.2, -0.15) is 0 Å². The van der Waals surface area contributed by atoms with E-state index >= 15 is 0 Å². The third kappa shape index (κ3) is 4.43. The highest BCUT2D eigenvalue weighted by Gasteiger charge is 2.30. The third-order valence-corrected chi connectivity index (χ3v) is 5.94. The van der Waals surface area contributed by atoms with Crippen LogP contribution in [0.2, 0.25) is 0 Å². The second-order valence-electron chi connectivity index (χ2n) is 10.4. The Balaban J connectivity index is 2.21. The largest absolute Gasteiger partial charge is 0.507 e. The van der Waals surface area contributed by atoms with Crippen LogP contribution in [0.3, 0.4) is 0 Å². The Morgan fingerprint density at radius 2 is 1.25 bits per heavy atom. The quantitative estimate of drug-likeness (QED) is 0.652. The Kier molecular flexibility index (Phi) is 5.91. The third-order valence-electron chi connectivity index (χ3n) is 5.94. The zero-order chi connectivity index (χ0) is 20.5. The van der Waals surface area contributed by atoms with Crippen molar-refractivity contribution < 1.29 is 5.11 Å². The summed E-state index contributed by atoms with van der Waals surface area (Å²) in [6.07, 6.45) is 3.85. The molecule has 0 spiro atoms. The van der Waals surface area contributed by atoms with Crippen molar-refractivity contribution in [2.75, 3.05) is 13.1 Å². The van der Waals surface area contributed by atoms with Gasteiger partial charge in [-0.3, -0.25) is 4.90 Å². The molecule has 0 aromatic heterocycles. The van der Waals surface area contributed by atoms with Crippen molar-refractivity contribution in [1.29, 1.82) is 0 Å². The zero-order valence-corrected chi connectivity index (χ0v) is 18.5. The Morgan fingerprint density at radius 3 is 1.71 bits per heavy atom. The number of hydrogen-bond acceptors (Lipinski definition) is 2. The summed E-state index contributed by atoms with van der Waals surface area (Å²) in [5.41, 5.74) is 4.53. The average Bonchev–Trinajstić information content (AvgIpc) is 2.63. The van der Waals surface area contributed by atoms with Gasteiger partial charge < -0.3 is 5.11 Å². The van der Waals surface area contributed by atoms with Crippen LogP contribution in [0.25, 0.3) is 0 Å². The second kappa shape index (κ2) is 7.91. The Labute approximate surface area is 171 Å². The van der Waals surface area contributed by atoms with Crippen LogP contribution >= 0.6 is 0 Å². The normalized spacial score (nSPS) is 17.5. The van der Waals surface area contributed by atoms with E-state index in [0.717, 1.165) is 24.2 Å². The number of rotatable bonds is 3. The molecule has 1 aliphatic heterocycles. The molecule has 2 aromatic carbocycles. The Morgan fingerprint density at radius 1 is 0.750 bits per heavy atom. The lowest BCUT2D eigenvalue weighted by atomic mass is 9.77. The minimum Gasteiger partial charge on any atom is -0.507 e. The van der Waals surface area contributed by atoms with E-state index < -0.39 is 0 Å². The summed E-state index contributed by atoms with van der Waals surface area (Å²) in [4.78, 5) is 2.63. The van der Waals surface area contributed by atoms with E-state index in [1.807, 2.05) is 0 Å². The van der Waals surface area contributed by atoms with Gasteiger partial charge in [-0.1, -0.05) is 78.3 Å². The lowest BCUT2D eigenvalue weighted by Gasteiger charge is -2.37. The molecule has 1 heterocycles. The molecule has 1 atom stereocenters. The summed E-state index contributed by atoms with van der Waals surface area (Å²) in [5.74, 6) is 0.467. The van der Waals surface area contributed by atoms with Gasteiger partial charge in [0.2, 0.25) is 0 Å². The first-order valence-electron chi connectivity index (χ1n) is 10.8. The molecule has 0 saturated carbocycles. The van der Waals surface area contributed by atoms with Crippen molar-refractivity contribution in [3.63, 3.8) is 0 Å². The molecule has 0 amide bonds. The Bertz CT molecular complexity index is 754. The molecule has 1 aliphatic rings. The van der Waals surface area contributed by atoms with Crippen LogP contribution in [0.4, 0.5) is 0 Å². The molecule has 0 unspecified atom stereocenters. The molecule has 0 radical (unpaired) electrons. The molecule has 1 N–H and O–H groups in total. The lowest BCUT2D eigenvalue weighted by Crippen LogP contribution is -2.34. The van der Waals surface area contributed by atoms with Gasteiger partial charge in [-0.15, -0.1) is 0 Å². The average molecular weight is 380 g/mol. The van der Waals surface area contributed by atoms with E-state index in [4.69, 9.17) is 0 Å². The number of phenolic OH excluding ortho intramolecular Hbond substituents is 1. The van der Waals surface area contributed by atoms with E-state index in [1.165, 1.54) is 30.4 Å². The van der Waals surface area contributed by atoms with Gasteiger partial charge in [0.1, 0.15) is 5.75 Å². The van der Waals surface area contributed by atoms with E-state index in [-0.39, 0.29) is 16.9 Å². The van der Waals surface area contributed by atoms with Gasteiger partial charge in [0.25, 0.3) is 0 Å². The highest BCUT2D eigenvalue weighted by atomic mass is 16.3. The number of piperidine rings is 1. The second-order valence-corrected chi connectivity index (χ2v) is 10.4. The van der Waals surface area contributed by atoms with Crippen molar-refractivity contribution in [2.24, 2.45) is 0 Å². The SMILES string of the molecule is CC(C)(C)c1cc([C@@H](c2ccccc2)N2CCCCC2)cc(C(C)(C)C)c1O. The minimum absolute atomic E-state index is 0.108. The number of likely N-dealkylation sites (tertiary alicyclic amines) is 1. The first-order valence-corrected chi connectivity index (χ1v) is 10.8. The highest BCUT2D eigenvalue weighted by Crippen LogP contribution is 2.43. The number of nitrogens with zero attached hydrogens (tertiary/aromatic N) is 1. The fraction of sp³-hybridized carbons (Fsp3) is 0.538. The number of aromatic hydroxyl groups is 1. The molecule has 2 aromatic rings. The van der Waals surface area contributed by atoms with Crippen LogP contribution in [0.1, 0.15) is 89.1 Å². The van der Waals surface area contributed by atoms with Crippen LogP contribution in [0.15, 0.2) is 42.5 Å². The van der Waals surface area contributed by atoms with E-state index in [9.17, 15) is 5.11 Å². The summed E-state index contributed by atoms with van der Waals surface area (Å²) < 4.78 is 0. The molecule has 1 saturated heterocycles. The Hall–Kier alpha value is -1.80. The summed E-state index contributed by atoms with van der Waals surface area (Å²) in [6.45, 7) is 15.4. The van der Waals surface area contributed by atoms with Crippen LogP contribution in [-0.2, 0) is 10.8 Å². The summed E-state index contributed by atoms with van der Waals surface area (Å²) >= 11 is 0. The molecular weight excluding hydrogens is 342 g/mol. The molecule has 0 aliphatic carbocycles. The van der Waals surface area contributed by atoms with E-state index in [2.05, 4.69) is 88.9 Å². The molecular formula is C26H37NO. The van der Waals surface area contributed by atoms with Crippen LogP contribution in [-0.4, -0.2) is 23.1 Å². The first kappa shape index (κ1) is 20.9. The van der Waals surface area contributed by atoms with Gasteiger partial charge in [0.05, 0.1) is 6.04 Å². The molecule has 0 bridgehead atoms. The molecule has 28 heavy (non-hydrogen) atoms. The number of benzene rings is 2. The maximum absolute atomic E-state index is 11.1. The van der Waals surface area contributed by atoms with Crippen molar-refractivity contribution in [2.45, 2.75) is 77.7 Å². The van der Waals surface area contributed by atoms with Crippen LogP contribution < -0.4 is 0 Å². The van der Waals surface area contributed by atoms with Crippen molar-refractivity contribution in [3.8, 4) is 5.75 Å². The van der Waals surface area contributed by atoms with Gasteiger partial charge >= 0.3 is 0 Å². The lowest BCUT2D eigenvalue weighted by molar-refractivity contribution is 0.187. The smallest absolute Gasteiger partial charge is 0.123 e. The number of hydrogen-bond donors (Lipinski definition) is 1. The number of phenols is 1. The monoisotopic (exact) mass is 379 g/mol. The summed E-state index contributed by atoms with van der Waals surface area (Å²) in [6, 6.07) is 15.6. The predicted octanol–water partition coefficient (Wildman–Crippen LogP) is 6.56. The van der Waals surface area contributed by atoms with Crippen LogP contribution in [0.5, 0.6) is 5.75 Å². The zero-order valence-electron chi connectivity index (χ0n) is 18.5. The van der Waals surface area contributed by atoms with E-state index in [0.29, 0.717) is 5.75 Å². The highest BCUT2D eigenvalue weighted by molar-refractivity contribution is 5.52. The molecule has 3 rings (SSSR count).